The minimum Gasteiger partial charge on any atom is -0.385 e. The first-order valence-electron chi connectivity index (χ1n) is 6.74. The highest BCUT2D eigenvalue weighted by Gasteiger charge is 2.26. The molecule has 2 aromatic carbocycles. The molecule has 3 nitrogen and oxygen atoms in total. The summed E-state index contributed by atoms with van der Waals surface area (Å²) in [7, 11) is 0. The summed E-state index contributed by atoms with van der Waals surface area (Å²) in [5.74, 6) is -1.28. The van der Waals surface area contributed by atoms with Gasteiger partial charge in [-0.3, -0.25) is 4.99 Å². The monoisotopic (exact) mass is 353 g/mol. The Labute approximate surface area is 141 Å². The Morgan fingerprint density at radius 3 is 2.35 bits per heavy atom. The maximum Gasteiger partial charge on any atom is 0.135 e. The van der Waals surface area contributed by atoms with Crippen molar-refractivity contribution in [2.24, 2.45) is 15.7 Å². The van der Waals surface area contributed by atoms with E-state index in [-0.39, 0.29) is 32.7 Å². The van der Waals surface area contributed by atoms with Crippen LogP contribution in [0.25, 0.3) is 0 Å². The average molecular weight is 354 g/mol. The number of halogens is 4. The van der Waals surface area contributed by atoms with Crippen LogP contribution in [0.1, 0.15) is 18.1 Å². The quantitative estimate of drug-likeness (QED) is 0.806. The van der Waals surface area contributed by atoms with Gasteiger partial charge in [0, 0.05) is 5.56 Å². The number of fused-ring (bicyclic) bond motifs is 1. The molecule has 2 aromatic rings. The number of aliphatic imine (C=N–C) groups is 2. The number of nitrogens with zero attached hydrogens (tertiary/aromatic N) is 2. The summed E-state index contributed by atoms with van der Waals surface area (Å²) in [6.07, 6.45) is 0. The predicted octanol–water partition coefficient (Wildman–Crippen LogP) is 4.50. The molecular formula is C16H11Cl2F2N3. The van der Waals surface area contributed by atoms with Crippen molar-refractivity contribution in [1.82, 2.24) is 0 Å². The molecule has 3 rings (SSSR count). The van der Waals surface area contributed by atoms with Crippen molar-refractivity contribution >= 4 is 40.4 Å². The molecule has 0 radical (unpaired) electrons. The molecule has 1 aliphatic heterocycles. The first-order valence-corrected chi connectivity index (χ1v) is 7.50. The Hall–Kier alpha value is -1.98. The molecule has 0 saturated carbocycles. The van der Waals surface area contributed by atoms with Crippen molar-refractivity contribution in [1.29, 1.82) is 0 Å². The van der Waals surface area contributed by atoms with Gasteiger partial charge in [0.25, 0.3) is 0 Å². The van der Waals surface area contributed by atoms with Gasteiger partial charge in [0.05, 0.1) is 27.0 Å². The van der Waals surface area contributed by atoms with Gasteiger partial charge in [0.15, 0.2) is 0 Å². The van der Waals surface area contributed by atoms with Crippen molar-refractivity contribution in [3.05, 3.63) is 63.1 Å². The van der Waals surface area contributed by atoms with Gasteiger partial charge in [-0.05, 0) is 31.2 Å². The summed E-state index contributed by atoms with van der Waals surface area (Å²) in [4.78, 5) is 8.58. The number of hydrogen-bond acceptors (Lipinski definition) is 3. The molecule has 23 heavy (non-hydrogen) atoms. The smallest absolute Gasteiger partial charge is 0.135 e. The zero-order valence-corrected chi connectivity index (χ0v) is 13.5. The van der Waals surface area contributed by atoms with Crippen molar-refractivity contribution in [2.45, 2.75) is 13.0 Å². The van der Waals surface area contributed by atoms with E-state index < -0.39 is 17.7 Å². The van der Waals surface area contributed by atoms with E-state index in [9.17, 15) is 8.78 Å². The van der Waals surface area contributed by atoms with Gasteiger partial charge in [0.1, 0.15) is 23.5 Å². The molecule has 7 heteroatoms. The Bertz CT molecular complexity index is 842. The first kappa shape index (κ1) is 15.9. The summed E-state index contributed by atoms with van der Waals surface area (Å²) >= 11 is 12.3. The van der Waals surface area contributed by atoms with Crippen LogP contribution in [-0.2, 0) is 0 Å². The van der Waals surface area contributed by atoms with Crippen LogP contribution < -0.4 is 5.73 Å². The van der Waals surface area contributed by atoms with E-state index in [0.29, 0.717) is 5.69 Å². The van der Waals surface area contributed by atoms with Gasteiger partial charge >= 0.3 is 0 Å². The normalized spacial score (nSPS) is 17.2. The summed E-state index contributed by atoms with van der Waals surface area (Å²) in [5, 5.41) is 0.356. The fourth-order valence-electron chi connectivity index (χ4n) is 2.33. The van der Waals surface area contributed by atoms with Gasteiger partial charge in [-0.25, -0.2) is 13.8 Å². The third-order valence-electron chi connectivity index (χ3n) is 3.51. The number of rotatable bonds is 1. The lowest BCUT2D eigenvalue weighted by atomic mass is 9.99. The van der Waals surface area contributed by atoms with Gasteiger partial charge in [-0.2, -0.15) is 0 Å². The summed E-state index contributed by atoms with van der Waals surface area (Å²) in [6, 6.07) is 6.15. The second-order valence-electron chi connectivity index (χ2n) is 5.04. The van der Waals surface area contributed by atoms with Crippen LogP contribution in [0.2, 0.25) is 10.0 Å². The molecule has 1 unspecified atom stereocenters. The molecule has 1 atom stereocenters. The van der Waals surface area contributed by atoms with E-state index in [0.717, 1.165) is 12.1 Å². The molecule has 0 saturated heterocycles. The van der Waals surface area contributed by atoms with Crippen LogP contribution in [0.4, 0.5) is 14.5 Å². The molecular weight excluding hydrogens is 343 g/mol. The first-order chi connectivity index (χ1) is 10.9. The third-order valence-corrected chi connectivity index (χ3v) is 4.31. The fraction of sp³-hybridized carbons (Fsp3) is 0.125. The van der Waals surface area contributed by atoms with Crippen molar-refractivity contribution in [3.8, 4) is 0 Å². The summed E-state index contributed by atoms with van der Waals surface area (Å²) < 4.78 is 28.5. The molecule has 0 aromatic heterocycles. The molecule has 1 aliphatic rings. The molecule has 0 spiro atoms. The molecule has 1 heterocycles. The lowest BCUT2D eigenvalue weighted by Crippen LogP contribution is -2.24. The van der Waals surface area contributed by atoms with Crippen LogP contribution in [0.15, 0.2) is 40.3 Å². The number of nitrogens with two attached hydrogens (primary N) is 1. The molecule has 0 bridgehead atoms. The predicted molar refractivity (Wildman–Crippen MR) is 89.2 cm³/mol. The minimum atomic E-state index is -0.751. The highest BCUT2D eigenvalue weighted by molar-refractivity contribution is 6.45. The Morgan fingerprint density at radius 1 is 1.04 bits per heavy atom. The number of hydrogen-bond donors (Lipinski definition) is 1. The SMILES string of the molecule is CC1N=C(c2c(F)cccc2F)c2c(ccc(Cl)c2Cl)N=C1N. The molecule has 2 N–H and O–H groups in total. The van der Waals surface area contributed by atoms with Crippen molar-refractivity contribution in [3.63, 3.8) is 0 Å². The van der Waals surface area contributed by atoms with Gasteiger partial charge in [0.2, 0.25) is 0 Å². The topological polar surface area (TPSA) is 50.7 Å². The van der Waals surface area contributed by atoms with Crippen LogP contribution in [0, 0.1) is 11.6 Å². The van der Waals surface area contributed by atoms with E-state index >= 15 is 0 Å². The van der Waals surface area contributed by atoms with E-state index in [2.05, 4.69) is 9.98 Å². The second-order valence-corrected chi connectivity index (χ2v) is 5.83. The van der Waals surface area contributed by atoms with Gasteiger partial charge in [-0.1, -0.05) is 29.3 Å². The average Bonchev–Trinajstić information content (AvgIpc) is 2.61. The van der Waals surface area contributed by atoms with E-state index in [1.165, 1.54) is 6.07 Å². The minimum absolute atomic E-state index is 0.0415. The van der Waals surface area contributed by atoms with E-state index in [1.807, 2.05) is 0 Å². The molecule has 0 fully saturated rings. The highest BCUT2D eigenvalue weighted by Crippen LogP contribution is 2.37. The zero-order valence-electron chi connectivity index (χ0n) is 11.9. The van der Waals surface area contributed by atoms with E-state index in [1.54, 1.807) is 19.1 Å². The maximum atomic E-state index is 14.3. The van der Waals surface area contributed by atoms with Crippen LogP contribution in [0.3, 0.4) is 0 Å². The number of amidine groups is 1. The largest absolute Gasteiger partial charge is 0.385 e. The molecule has 0 aliphatic carbocycles. The van der Waals surface area contributed by atoms with Gasteiger partial charge < -0.3 is 5.73 Å². The third kappa shape index (κ3) is 2.71. The Balaban J connectivity index is 2.39. The standard InChI is InChI=1S/C16H11Cl2F2N3/c1-7-16(21)23-11-6-5-8(17)14(18)13(11)15(22-7)12-9(19)3-2-4-10(12)20/h2-7H,1H3,(H2,21,23). The Morgan fingerprint density at radius 2 is 1.70 bits per heavy atom. The summed E-state index contributed by atoms with van der Waals surface area (Å²) in [6.45, 7) is 1.68. The highest BCUT2D eigenvalue weighted by atomic mass is 35.5. The molecule has 118 valence electrons. The lowest BCUT2D eigenvalue weighted by molar-refractivity contribution is 0.579. The second kappa shape index (κ2) is 5.91. The summed E-state index contributed by atoms with van der Waals surface area (Å²) in [5.41, 5.74) is 6.26. The lowest BCUT2D eigenvalue weighted by Gasteiger charge is -2.13. The molecule has 0 amide bonds. The van der Waals surface area contributed by atoms with Crippen LogP contribution in [-0.4, -0.2) is 17.6 Å². The zero-order chi connectivity index (χ0) is 16.7. The van der Waals surface area contributed by atoms with Crippen molar-refractivity contribution < 1.29 is 8.78 Å². The fourth-order valence-corrected chi connectivity index (χ4v) is 2.74. The van der Waals surface area contributed by atoms with E-state index in [4.69, 9.17) is 28.9 Å². The van der Waals surface area contributed by atoms with Crippen LogP contribution in [0.5, 0.6) is 0 Å². The Kier molecular flexibility index (Phi) is 4.08. The maximum absolute atomic E-state index is 14.3. The van der Waals surface area contributed by atoms with Crippen molar-refractivity contribution in [2.75, 3.05) is 0 Å². The number of benzene rings is 2. The van der Waals surface area contributed by atoms with Crippen LogP contribution >= 0.6 is 23.2 Å². The van der Waals surface area contributed by atoms with Gasteiger partial charge in [-0.15, -0.1) is 0 Å².